The number of aromatic amines is 1. The lowest BCUT2D eigenvalue weighted by Gasteiger charge is -2.10. The summed E-state index contributed by atoms with van der Waals surface area (Å²) in [6, 6.07) is 2.15. The van der Waals surface area contributed by atoms with E-state index in [9.17, 15) is 0 Å². The predicted octanol–water partition coefficient (Wildman–Crippen LogP) is 1.81. The fourth-order valence-corrected chi connectivity index (χ4v) is 0.959. The highest BCUT2D eigenvalue weighted by Gasteiger charge is 2.04. The Hall–Kier alpha value is -0.800. The van der Waals surface area contributed by atoms with E-state index in [0.29, 0.717) is 11.6 Å². The molecule has 0 amide bonds. The molecule has 3 nitrogen and oxygen atoms in total. The highest BCUT2D eigenvalue weighted by atomic mass is 35.5. The number of hydrogen-bond donors (Lipinski definition) is 2. The van der Waals surface area contributed by atoms with Crippen LogP contribution in [-0.4, -0.2) is 16.7 Å². The Labute approximate surface area is 76.8 Å². The summed E-state index contributed by atoms with van der Waals surface area (Å²) in [6.07, 6.45) is 1.73. The van der Waals surface area contributed by atoms with Gasteiger partial charge in [0.05, 0.1) is 5.69 Å². The minimum absolute atomic E-state index is 0.225. The van der Waals surface area contributed by atoms with Crippen molar-refractivity contribution < 1.29 is 0 Å². The van der Waals surface area contributed by atoms with Gasteiger partial charge in [-0.15, -0.1) is 0 Å². The molecule has 0 saturated heterocycles. The molecule has 0 saturated carbocycles. The van der Waals surface area contributed by atoms with Crippen LogP contribution in [0, 0.1) is 0 Å². The van der Waals surface area contributed by atoms with Crippen LogP contribution in [-0.2, 0) is 0 Å². The molecule has 2 N–H and O–H groups in total. The van der Waals surface area contributed by atoms with E-state index in [1.807, 2.05) is 13.0 Å². The molecular weight excluding hydrogens is 174 g/mol. The van der Waals surface area contributed by atoms with E-state index in [1.165, 1.54) is 0 Å². The molecule has 66 valence electrons. The predicted molar refractivity (Wildman–Crippen MR) is 50.0 cm³/mol. The van der Waals surface area contributed by atoms with E-state index in [0.717, 1.165) is 5.69 Å². The first kappa shape index (κ1) is 9.29. The second-order valence-electron chi connectivity index (χ2n) is 2.63. The van der Waals surface area contributed by atoms with Gasteiger partial charge in [0, 0.05) is 23.8 Å². The molecule has 1 heterocycles. The van der Waals surface area contributed by atoms with Crippen LogP contribution in [0.15, 0.2) is 23.9 Å². The summed E-state index contributed by atoms with van der Waals surface area (Å²) < 4.78 is 0. The minimum Gasteiger partial charge on any atom is -0.304 e. The Bertz CT molecular complexity index is 243. The van der Waals surface area contributed by atoms with Gasteiger partial charge in [0.25, 0.3) is 0 Å². The molecule has 1 atom stereocenters. The fourth-order valence-electron chi connectivity index (χ4n) is 0.882. The lowest BCUT2D eigenvalue weighted by Crippen LogP contribution is -2.20. The van der Waals surface area contributed by atoms with Gasteiger partial charge in [0.15, 0.2) is 0 Å². The average Bonchev–Trinajstić information content (AvgIpc) is 2.51. The van der Waals surface area contributed by atoms with E-state index in [1.54, 1.807) is 6.20 Å². The Morgan fingerprint density at radius 3 is 3.17 bits per heavy atom. The van der Waals surface area contributed by atoms with Crippen molar-refractivity contribution >= 4 is 11.6 Å². The van der Waals surface area contributed by atoms with Crippen LogP contribution in [0.25, 0.3) is 0 Å². The largest absolute Gasteiger partial charge is 0.304 e. The Morgan fingerprint density at radius 2 is 2.67 bits per heavy atom. The number of H-pyrrole nitrogens is 1. The number of aromatic nitrogens is 2. The number of hydrogen-bond acceptors (Lipinski definition) is 2. The van der Waals surface area contributed by atoms with Crippen molar-refractivity contribution in [2.45, 2.75) is 13.0 Å². The number of halogens is 1. The van der Waals surface area contributed by atoms with E-state index < -0.39 is 0 Å². The standard InChI is InChI=1S/C8H12ClN3/c1-6(9)5-10-7(2)8-3-4-11-12-8/h3-4,7,10H,1,5H2,2H3,(H,11,12). The molecule has 0 radical (unpaired) electrons. The molecule has 1 rings (SSSR count). The lowest BCUT2D eigenvalue weighted by molar-refractivity contribution is 0.596. The van der Waals surface area contributed by atoms with Crippen molar-refractivity contribution in [2.24, 2.45) is 0 Å². The molecule has 0 aliphatic rings. The fraction of sp³-hybridized carbons (Fsp3) is 0.375. The maximum atomic E-state index is 5.60. The summed E-state index contributed by atoms with van der Waals surface area (Å²) in [6.45, 7) is 6.23. The van der Waals surface area contributed by atoms with Crippen LogP contribution in [0.2, 0.25) is 0 Å². The topological polar surface area (TPSA) is 40.7 Å². The lowest BCUT2D eigenvalue weighted by atomic mass is 10.2. The monoisotopic (exact) mass is 185 g/mol. The van der Waals surface area contributed by atoms with Crippen molar-refractivity contribution in [2.75, 3.05) is 6.54 Å². The van der Waals surface area contributed by atoms with E-state index in [-0.39, 0.29) is 6.04 Å². The maximum Gasteiger partial charge on any atom is 0.0518 e. The molecule has 1 aromatic heterocycles. The number of nitrogens with zero attached hydrogens (tertiary/aromatic N) is 1. The van der Waals surface area contributed by atoms with Gasteiger partial charge in [-0.05, 0) is 13.0 Å². The summed E-state index contributed by atoms with van der Waals surface area (Å²) >= 11 is 5.60. The van der Waals surface area contributed by atoms with Gasteiger partial charge in [-0.25, -0.2) is 0 Å². The molecule has 0 aliphatic carbocycles. The molecule has 0 aromatic carbocycles. The summed E-state index contributed by atoms with van der Waals surface area (Å²) in [5.74, 6) is 0. The summed E-state index contributed by atoms with van der Waals surface area (Å²) in [5.41, 5.74) is 1.05. The van der Waals surface area contributed by atoms with Crippen molar-refractivity contribution in [3.05, 3.63) is 29.6 Å². The van der Waals surface area contributed by atoms with Crippen molar-refractivity contribution in [3.63, 3.8) is 0 Å². The second kappa shape index (κ2) is 4.28. The highest BCUT2D eigenvalue weighted by molar-refractivity contribution is 6.29. The van der Waals surface area contributed by atoms with Crippen LogP contribution in [0.5, 0.6) is 0 Å². The van der Waals surface area contributed by atoms with Gasteiger partial charge < -0.3 is 5.32 Å². The summed E-state index contributed by atoms with van der Waals surface area (Å²) in [7, 11) is 0. The Morgan fingerprint density at radius 1 is 1.92 bits per heavy atom. The zero-order valence-corrected chi connectivity index (χ0v) is 7.73. The van der Waals surface area contributed by atoms with Gasteiger partial charge in [-0.3, -0.25) is 5.10 Å². The van der Waals surface area contributed by atoms with Crippen molar-refractivity contribution in [1.82, 2.24) is 15.5 Å². The molecule has 0 fully saturated rings. The van der Waals surface area contributed by atoms with Crippen LogP contribution in [0.4, 0.5) is 0 Å². The van der Waals surface area contributed by atoms with Crippen LogP contribution in [0.1, 0.15) is 18.7 Å². The zero-order chi connectivity index (χ0) is 8.97. The molecule has 1 unspecified atom stereocenters. The molecule has 0 aliphatic heterocycles. The van der Waals surface area contributed by atoms with Gasteiger partial charge >= 0.3 is 0 Å². The molecule has 12 heavy (non-hydrogen) atoms. The van der Waals surface area contributed by atoms with E-state index >= 15 is 0 Å². The van der Waals surface area contributed by atoms with Crippen LogP contribution in [0.3, 0.4) is 0 Å². The number of nitrogens with one attached hydrogen (secondary N) is 2. The van der Waals surface area contributed by atoms with Crippen LogP contribution < -0.4 is 5.32 Å². The molecule has 4 heteroatoms. The third kappa shape index (κ3) is 2.68. The quantitative estimate of drug-likeness (QED) is 0.751. The smallest absolute Gasteiger partial charge is 0.0518 e. The SMILES string of the molecule is C=C(Cl)CNC(C)c1ccn[nH]1. The Kier molecular flexibility index (Phi) is 3.31. The highest BCUT2D eigenvalue weighted by Crippen LogP contribution is 2.07. The third-order valence-corrected chi connectivity index (χ3v) is 1.72. The second-order valence-corrected chi connectivity index (χ2v) is 3.17. The van der Waals surface area contributed by atoms with E-state index in [4.69, 9.17) is 11.6 Å². The maximum absolute atomic E-state index is 5.60. The van der Waals surface area contributed by atoms with Crippen LogP contribution >= 0.6 is 11.6 Å². The minimum atomic E-state index is 0.225. The first-order valence-electron chi connectivity index (χ1n) is 3.76. The number of rotatable bonds is 4. The molecule has 0 spiro atoms. The van der Waals surface area contributed by atoms with Gasteiger partial charge in [0.1, 0.15) is 0 Å². The van der Waals surface area contributed by atoms with Gasteiger partial charge in [-0.2, -0.15) is 5.10 Å². The van der Waals surface area contributed by atoms with Crippen molar-refractivity contribution in [1.29, 1.82) is 0 Å². The normalized spacial score (nSPS) is 12.8. The third-order valence-electron chi connectivity index (χ3n) is 1.59. The van der Waals surface area contributed by atoms with Gasteiger partial charge in [-0.1, -0.05) is 18.2 Å². The average molecular weight is 186 g/mol. The first-order valence-corrected chi connectivity index (χ1v) is 4.14. The van der Waals surface area contributed by atoms with Gasteiger partial charge in [0.2, 0.25) is 0 Å². The zero-order valence-electron chi connectivity index (χ0n) is 6.97. The molecule has 0 bridgehead atoms. The summed E-state index contributed by atoms with van der Waals surface area (Å²) in [4.78, 5) is 0. The summed E-state index contributed by atoms with van der Waals surface area (Å²) in [5, 5.41) is 10.5. The van der Waals surface area contributed by atoms with E-state index in [2.05, 4.69) is 22.1 Å². The molecule has 1 aromatic rings. The van der Waals surface area contributed by atoms with Crippen molar-refractivity contribution in [3.8, 4) is 0 Å². The Balaban J connectivity index is 2.39. The molecular formula is C8H12ClN3. The first-order chi connectivity index (χ1) is 5.70.